The van der Waals surface area contributed by atoms with Crippen molar-refractivity contribution < 1.29 is 0 Å². The third-order valence-electron chi connectivity index (χ3n) is 2.37. The molecule has 0 saturated heterocycles. The first kappa shape index (κ1) is 11.0. The van der Waals surface area contributed by atoms with E-state index in [0.29, 0.717) is 5.88 Å². The fraction of sp³-hybridized carbons (Fsp3) is 0.364. The number of rotatable bonds is 3. The highest BCUT2D eigenvalue weighted by Crippen LogP contribution is 2.27. The highest BCUT2D eigenvalue weighted by atomic mass is 79.9. The molecule has 2 rings (SSSR count). The van der Waals surface area contributed by atoms with Crippen LogP contribution in [0.25, 0.3) is 11.0 Å². The number of imidazole rings is 1. The van der Waals surface area contributed by atoms with Crippen molar-refractivity contribution in [3.63, 3.8) is 0 Å². The summed E-state index contributed by atoms with van der Waals surface area (Å²) in [5, 5.41) is 0. The highest BCUT2D eigenvalue weighted by Gasteiger charge is 2.08. The molecule has 80 valence electrons. The van der Waals surface area contributed by atoms with Crippen molar-refractivity contribution in [1.29, 1.82) is 0 Å². The van der Waals surface area contributed by atoms with E-state index in [1.54, 1.807) is 0 Å². The molecule has 2 nitrogen and oxygen atoms in total. The van der Waals surface area contributed by atoms with Crippen molar-refractivity contribution in [1.82, 2.24) is 9.97 Å². The quantitative estimate of drug-likeness (QED) is 0.849. The fourth-order valence-electron chi connectivity index (χ4n) is 1.66. The molecule has 0 aliphatic rings. The standard InChI is InChI=1S/C11H12BrClN2/c1-2-3-7-4-5-8-11(10(7)12)15-9(6-13)14-8/h4-5H,2-3,6H2,1H3,(H,14,15). The smallest absolute Gasteiger partial charge is 0.122 e. The summed E-state index contributed by atoms with van der Waals surface area (Å²) < 4.78 is 1.09. The minimum Gasteiger partial charge on any atom is -0.341 e. The van der Waals surface area contributed by atoms with E-state index in [0.717, 1.165) is 34.2 Å². The Labute approximate surface area is 102 Å². The number of alkyl halides is 1. The molecule has 0 spiro atoms. The van der Waals surface area contributed by atoms with Gasteiger partial charge < -0.3 is 4.98 Å². The van der Waals surface area contributed by atoms with Gasteiger partial charge in [-0.25, -0.2) is 4.98 Å². The number of fused-ring (bicyclic) bond motifs is 1. The van der Waals surface area contributed by atoms with Crippen LogP contribution >= 0.6 is 27.5 Å². The van der Waals surface area contributed by atoms with Gasteiger partial charge in [0.25, 0.3) is 0 Å². The molecule has 0 unspecified atom stereocenters. The number of aryl methyl sites for hydroxylation is 1. The second kappa shape index (κ2) is 4.54. The van der Waals surface area contributed by atoms with Crippen LogP contribution in [0.1, 0.15) is 24.7 Å². The molecule has 0 atom stereocenters. The SMILES string of the molecule is CCCc1ccc2[nH]c(CCl)nc2c1Br. The Morgan fingerprint density at radius 3 is 2.93 bits per heavy atom. The van der Waals surface area contributed by atoms with E-state index >= 15 is 0 Å². The zero-order chi connectivity index (χ0) is 10.8. The summed E-state index contributed by atoms with van der Waals surface area (Å²) in [7, 11) is 0. The molecule has 15 heavy (non-hydrogen) atoms. The number of H-pyrrole nitrogens is 1. The Balaban J connectivity index is 2.56. The van der Waals surface area contributed by atoms with E-state index in [9.17, 15) is 0 Å². The van der Waals surface area contributed by atoms with Crippen molar-refractivity contribution in [3.05, 3.63) is 28.0 Å². The predicted octanol–water partition coefficient (Wildman–Crippen LogP) is 4.02. The number of hydrogen-bond acceptors (Lipinski definition) is 1. The van der Waals surface area contributed by atoms with Gasteiger partial charge in [-0.15, -0.1) is 11.6 Å². The van der Waals surface area contributed by atoms with Gasteiger partial charge in [-0.3, -0.25) is 0 Å². The summed E-state index contributed by atoms with van der Waals surface area (Å²) in [6.45, 7) is 2.17. The van der Waals surface area contributed by atoms with Crippen LogP contribution in [0, 0.1) is 0 Å². The number of nitrogens with one attached hydrogen (secondary N) is 1. The Kier molecular flexibility index (Phi) is 3.32. The van der Waals surface area contributed by atoms with E-state index in [2.05, 4.69) is 45.0 Å². The number of aromatic amines is 1. The summed E-state index contributed by atoms with van der Waals surface area (Å²) in [6, 6.07) is 4.19. The number of aromatic nitrogens is 2. The Morgan fingerprint density at radius 2 is 2.27 bits per heavy atom. The lowest BCUT2D eigenvalue weighted by molar-refractivity contribution is 0.919. The highest BCUT2D eigenvalue weighted by molar-refractivity contribution is 9.10. The van der Waals surface area contributed by atoms with Gasteiger partial charge in [0, 0.05) is 4.47 Å². The summed E-state index contributed by atoms with van der Waals surface area (Å²) in [6.07, 6.45) is 2.20. The summed E-state index contributed by atoms with van der Waals surface area (Å²) >= 11 is 9.34. The first-order valence-corrected chi connectivity index (χ1v) is 6.31. The minimum atomic E-state index is 0.421. The maximum Gasteiger partial charge on any atom is 0.122 e. The number of halogens is 2. The molecule has 0 amide bonds. The van der Waals surface area contributed by atoms with Crippen LogP contribution in [0.5, 0.6) is 0 Å². The number of benzene rings is 1. The molecule has 2 aromatic rings. The van der Waals surface area contributed by atoms with Crippen molar-refractivity contribution in [2.45, 2.75) is 25.6 Å². The molecule has 0 fully saturated rings. The van der Waals surface area contributed by atoms with Crippen molar-refractivity contribution in [3.8, 4) is 0 Å². The second-order valence-corrected chi connectivity index (χ2v) is 4.56. The van der Waals surface area contributed by atoms with Gasteiger partial charge in [0.1, 0.15) is 11.3 Å². The summed E-state index contributed by atoms with van der Waals surface area (Å²) in [4.78, 5) is 7.62. The molecule has 0 bridgehead atoms. The maximum absolute atomic E-state index is 5.74. The van der Waals surface area contributed by atoms with Gasteiger partial charge in [0.15, 0.2) is 0 Å². The first-order chi connectivity index (χ1) is 7.26. The molecule has 1 N–H and O–H groups in total. The average Bonchev–Trinajstić information content (AvgIpc) is 2.66. The van der Waals surface area contributed by atoms with Crippen LogP contribution < -0.4 is 0 Å². The average molecular weight is 288 g/mol. The molecule has 1 heterocycles. The van der Waals surface area contributed by atoms with Gasteiger partial charge in [0.2, 0.25) is 0 Å². The van der Waals surface area contributed by atoms with Crippen molar-refractivity contribution in [2.75, 3.05) is 0 Å². The van der Waals surface area contributed by atoms with Crippen LogP contribution in [-0.2, 0) is 12.3 Å². The van der Waals surface area contributed by atoms with E-state index < -0.39 is 0 Å². The normalized spacial score (nSPS) is 11.1. The zero-order valence-corrected chi connectivity index (χ0v) is 10.8. The van der Waals surface area contributed by atoms with E-state index in [4.69, 9.17) is 11.6 Å². The van der Waals surface area contributed by atoms with Gasteiger partial charge in [-0.1, -0.05) is 19.4 Å². The molecule has 0 aliphatic heterocycles. The largest absolute Gasteiger partial charge is 0.341 e. The van der Waals surface area contributed by atoms with Crippen LogP contribution in [0.15, 0.2) is 16.6 Å². The summed E-state index contributed by atoms with van der Waals surface area (Å²) in [5.41, 5.74) is 3.33. The molecule has 1 aromatic heterocycles. The molecule has 0 saturated carbocycles. The van der Waals surface area contributed by atoms with E-state index in [1.807, 2.05) is 0 Å². The van der Waals surface area contributed by atoms with Crippen LogP contribution in [0.2, 0.25) is 0 Å². The number of nitrogens with zero attached hydrogens (tertiary/aromatic N) is 1. The number of hydrogen-bond donors (Lipinski definition) is 1. The third kappa shape index (κ3) is 2.04. The first-order valence-electron chi connectivity index (χ1n) is 4.98. The molecular weight excluding hydrogens is 275 g/mol. The zero-order valence-electron chi connectivity index (χ0n) is 8.48. The lowest BCUT2D eigenvalue weighted by Gasteiger charge is -2.02. The van der Waals surface area contributed by atoms with Gasteiger partial charge >= 0.3 is 0 Å². The third-order valence-corrected chi connectivity index (χ3v) is 3.51. The lowest BCUT2D eigenvalue weighted by atomic mass is 10.1. The maximum atomic E-state index is 5.74. The van der Waals surface area contributed by atoms with Crippen LogP contribution in [0.3, 0.4) is 0 Å². The minimum absolute atomic E-state index is 0.421. The summed E-state index contributed by atoms with van der Waals surface area (Å²) in [5.74, 6) is 1.24. The molecular formula is C11H12BrClN2. The second-order valence-electron chi connectivity index (χ2n) is 3.50. The Hall–Kier alpha value is -0.540. The predicted molar refractivity (Wildman–Crippen MR) is 67.3 cm³/mol. The fourth-order valence-corrected chi connectivity index (χ4v) is 2.42. The van der Waals surface area contributed by atoms with E-state index in [1.165, 1.54) is 5.56 Å². The Morgan fingerprint density at radius 1 is 1.47 bits per heavy atom. The van der Waals surface area contributed by atoms with Crippen LogP contribution in [-0.4, -0.2) is 9.97 Å². The van der Waals surface area contributed by atoms with Gasteiger partial charge in [-0.2, -0.15) is 0 Å². The van der Waals surface area contributed by atoms with E-state index in [-0.39, 0.29) is 0 Å². The molecule has 0 radical (unpaired) electrons. The Bertz CT molecular complexity index is 479. The van der Waals surface area contributed by atoms with Crippen LogP contribution in [0.4, 0.5) is 0 Å². The molecule has 1 aromatic carbocycles. The monoisotopic (exact) mass is 286 g/mol. The topological polar surface area (TPSA) is 28.7 Å². The van der Waals surface area contributed by atoms with Crippen molar-refractivity contribution >= 4 is 38.6 Å². The van der Waals surface area contributed by atoms with Gasteiger partial charge in [0.05, 0.1) is 11.4 Å². The molecule has 0 aliphatic carbocycles. The molecule has 4 heteroatoms. The lowest BCUT2D eigenvalue weighted by Crippen LogP contribution is -1.86. The van der Waals surface area contributed by atoms with Crippen molar-refractivity contribution in [2.24, 2.45) is 0 Å². The van der Waals surface area contributed by atoms with Gasteiger partial charge in [-0.05, 0) is 34.0 Å².